The molecule has 0 spiro atoms. The first-order valence-electron chi connectivity index (χ1n) is 6.74. The van der Waals surface area contributed by atoms with Gasteiger partial charge in [0.25, 0.3) is 0 Å². The molecule has 0 aromatic rings. The lowest BCUT2D eigenvalue weighted by Crippen LogP contribution is -2.41. The Kier molecular flexibility index (Phi) is 3.27. The largest absolute Gasteiger partial charge is 0.466 e. The van der Waals surface area contributed by atoms with Crippen molar-refractivity contribution >= 4 is 13.1 Å². The third-order valence-corrected chi connectivity index (χ3v) is 4.45. The quantitative estimate of drug-likeness (QED) is 0.571. The van der Waals surface area contributed by atoms with Gasteiger partial charge in [-0.05, 0) is 47.5 Å². The van der Waals surface area contributed by atoms with E-state index in [2.05, 4.69) is 0 Å². The van der Waals surface area contributed by atoms with Gasteiger partial charge >= 0.3 is 13.1 Å². The van der Waals surface area contributed by atoms with Crippen LogP contribution in [0.2, 0.25) is 5.31 Å². The van der Waals surface area contributed by atoms with Gasteiger partial charge in [-0.2, -0.15) is 0 Å². The normalized spacial score (nSPS) is 27.1. The third kappa shape index (κ3) is 2.30. The molecule has 2 rings (SSSR count). The average molecular weight is 254 g/mol. The van der Waals surface area contributed by atoms with Gasteiger partial charge in [0, 0.05) is 11.7 Å². The predicted molar refractivity (Wildman–Crippen MR) is 69.3 cm³/mol. The third-order valence-electron chi connectivity index (χ3n) is 4.45. The summed E-state index contributed by atoms with van der Waals surface area (Å²) in [5, 5.41) is -0.155. The van der Waals surface area contributed by atoms with Gasteiger partial charge in [0.1, 0.15) is 0 Å². The Balaban J connectivity index is 2.03. The number of esters is 1. The number of carbonyl (C=O) groups excluding carboxylic acids is 1. The molecular formula is C13H23BO4. The monoisotopic (exact) mass is 254 g/mol. The minimum atomic E-state index is -0.331. The van der Waals surface area contributed by atoms with Crippen molar-refractivity contribution in [3.05, 3.63) is 0 Å². The molecule has 0 aromatic heterocycles. The second-order valence-corrected chi connectivity index (χ2v) is 6.43. The second kappa shape index (κ2) is 4.24. The highest BCUT2D eigenvalue weighted by molar-refractivity contribution is 6.51. The molecule has 1 saturated heterocycles. The fraction of sp³-hybridized carbons (Fsp3) is 0.923. The van der Waals surface area contributed by atoms with Crippen LogP contribution in [-0.4, -0.2) is 30.9 Å². The second-order valence-electron chi connectivity index (χ2n) is 6.43. The molecule has 1 aliphatic heterocycles. The SMILES string of the molecule is CCOC(=O)CC1(B2OC(C)(C)C(C)(C)O2)CC1. The Hall–Kier alpha value is -0.545. The predicted octanol–water partition coefficient (Wildman–Crippen LogP) is 2.57. The van der Waals surface area contributed by atoms with E-state index < -0.39 is 0 Å². The van der Waals surface area contributed by atoms with Crippen LogP contribution >= 0.6 is 0 Å². The van der Waals surface area contributed by atoms with E-state index in [1.54, 1.807) is 0 Å². The number of ether oxygens (including phenoxy) is 1. The highest BCUT2D eigenvalue weighted by Crippen LogP contribution is 2.62. The lowest BCUT2D eigenvalue weighted by molar-refractivity contribution is -0.143. The summed E-state index contributed by atoms with van der Waals surface area (Å²) in [5.41, 5.74) is -0.663. The van der Waals surface area contributed by atoms with Crippen molar-refractivity contribution in [3.8, 4) is 0 Å². The molecule has 0 radical (unpaired) electrons. The maximum atomic E-state index is 11.6. The maximum absolute atomic E-state index is 11.6. The van der Waals surface area contributed by atoms with Gasteiger partial charge < -0.3 is 14.0 Å². The smallest absolute Gasteiger partial charge is 0.465 e. The molecule has 18 heavy (non-hydrogen) atoms. The molecule has 0 aromatic carbocycles. The van der Waals surface area contributed by atoms with Crippen molar-refractivity contribution in [1.29, 1.82) is 0 Å². The van der Waals surface area contributed by atoms with E-state index >= 15 is 0 Å². The van der Waals surface area contributed by atoms with Crippen molar-refractivity contribution in [1.82, 2.24) is 0 Å². The van der Waals surface area contributed by atoms with Crippen LogP contribution in [0.3, 0.4) is 0 Å². The zero-order valence-corrected chi connectivity index (χ0v) is 12.0. The van der Waals surface area contributed by atoms with Crippen molar-refractivity contribution in [3.63, 3.8) is 0 Å². The van der Waals surface area contributed by atoms with Crippen molar-refractivity contribution in [2.24, 2.45) is 0 Å². The van der Waals surface area contributed by atoms with E-state index in [1.165, 1.54) is 0 Å². The van der Waals surface area contributed by atoms with E-state index in [0.717, 1.165) is 12.8 Å². The Labute approximate surface area is 110 Å². The number of carbonyl (C=O) groups is 1. The summed E-state index contributed by atoms with van der Waals surface area (Å²) in [6, 6.07) is 0. The van der Waals surface area contributed by atoms with Crippen LogP contribution in [0.25, 0.3) is 0 Å². The summed E-state index contributed by atoms with van der Waals surface area (Å²) in [6.45, 7) is 10.4. The zero-order valence-electron chi connectivity index (χ0n) is 12.0. The fourth-order valence-electron chi connectivity index (χ4n) is 2.25. The van der Waals surface area contributed by atoms with Gasteiger partial charge in [0.15, 0.2) is 0 Å². The topological polar surface area (TPSA) is 44.8 Å². The Morgan fingerprint density at radius 1 is 1.17 bits per heavy atom. The molecule has 0 amide bonds. The maximum Gasteiger partial charge on any atom is 0.465 e. The van der Waals surface area contributed by atoms with Crippen LogP contribution in [0.4, 0.5) is 0 Å². The highest BCUT2D eigenvalue weighted by atomic mass is 16.7. The molecule has 1 aliphatic carbocycles. The molecule has 1 heterocycles. The van der Waals surface area contributed by atoms with Crippen molar-refractivity contribution in [2.45, 2.75) is 70.4 Å². The van der Waals surface area contributed by atoms with E-state index in [1.807, 2.05) is 34.6 Å². The molecule has 102 valence electrons. The van der Waals surface area contributed by atoms with Gasteiger partial charge in [0.05, 0.1) is 17.8 Å². The van der Waals surface area contributed by atoms with Crippen molar-refractivity contribution in [2.75, 3.05) is 6.61 Å². The summed E-state index contributed by atoms with van der Waals surface area (Å²) in [6.07, 6.45) is 2.35. The van der Waals surface area contributed by atoms with Crippen LogP contribution in [0.5, 0.6) is 0 Å². The number of hydrogen-bond acceptors (Lipinski definition) is 4. The molecule has 2 aliphatic rings. The van der Waals surface area contributed by atoms with Gasteiger partial charge in [0.2, 0.25) is 0 Å². The molecule has 0 N–H and O–H groups in total. The van der Waals surface area contributed by atoms with Crippen LogP contribution in [0, 0.1) is 0 Å². The van der Waals surface area contributed by atoms with E-state index in [-0.39, 0.29) is 29.6 Å². The summed E-state index contributed by atoms with van der Waals surface area (Å²) >= 11 is 0. The first kappa shape index (κ1) is 13.9. The van der Waals surface area contributed by atoms with Gasteiger partial charge in [-0.1, -0.05) is 0 Å². The summed E-state index contributed by atoms with van der Waals surface area (Å²) in [5.74, 6) is -0.148. The fourth-order valence-corrected chi connectivity index (χ4v) is 2.25. The summed E-state index contributed by atoms with van der Waals surface area (Å²) < 4.78 is 17.1. The molecule has 0 unspecified atom stereocenters. The lowest BCUT2D eigenvalue weighted by atomic mass is 9.66. The first-order valence-corrected chi connectivity index (χ1v) is 6.74. The number of hydrogen-bond donors (Lipinski definition) is 0. The first-order chi connectivity index (χ1) is 8.22. The van der Waals surface area contributed by atoms with E-state index in [9.17, 15) is 4.79 Å². The van der Waals surface area contributed by atoms with E-state index in [0.29, 0.717) is 13.0 Å². The molecule has 2 fully saturated rings. The van der Waals surface area contributed by atoms with Gasteiger partial charge in [-0.25, -0.2) is 0 Å². The Morgan fingerprint density at radius 3 is 2.06 bits per heavy atom. The average Bonchev–Trinajstić information content (AvgIpc) is 2.92. The Bertz CT molecular complexity index is 331. The Morgan fingerprint density at radius 2 is 1.67 bits per heavy atom. The minimum absolute atomic E-state index is 0.148. The molecule has 4 nitrogen and oxygen atoms in total. The highest BCUT2D eigenvalue weighted by Gasteiger charge is 2.64. The number of rotatable bonds is 4. The zero-order chi connectivity index (χ0) is 13.6. The molecule has 5 heteroatoms. The van der Waals surface area contributed by atoms with E-state index in [4.69, 9.17) is 14.0 Å². The van der Waals surface area contributed by atoms with Crippen molar-refractivity contribution < 1.29 is 18.8 Å². The lowest BCUT2D eigenvalue weighted by Gasteiger charge is -2.32. The standard InChI is InChI=1S/C13H23BO4/c1-6-16-10(15)9-13(7-8-13)14-17-11(2,3)12(4,5)18-14/h6-9H2,1-5H3. The minimum Gasteiger partial charge on any atom is -0.466 e. The van der Waals surface area contributed by atoms with Crippen LogP contribution < -0.4 is 0 Å². The van der Waals surface area contributed by atoms with Crippen LogP contribution in [0.15, 0.2) is 0 Å². The molecule has 0 bridgehead atoms. The van der Waals surface area contributed by atoms with Crippen LogP contribution in [-0.2, 0) is 18.8 Å². The molecular weight excluding hydrogens is 231 g/mol. The molecule has 0 atom stereocenters. The van der Waals surface area contributed by atoms with Gasteiger partial charge in [-0.15, -0.1) is 0 Å². The summed E-state index contributed by atoms with van der Waals surface area (Å²) in [7, 11) is -0.285. The van der Waals surface area contributed by atoms with Crippen LogP contribution in [0.1, 0.15) is 53.9 Å². The summed E-state index contributed by atoms with van der Waals surface area (Å²) in [4.78, 5) is 11.6. The van der Waals surface area contributed by atoms with Gasteiger partial charge in [-0.3, -0.25) is 4.79 Å². The molecule has 1 saturated carbocycles.